The van der Waals surface area contributed by atoms with E-state index in [0.717, 1.165) is 0 Å². The fraction of sp³-hybridized carbons (Fsp3) is 0.692. The molecule has 0 aliphatic rings. The minimum Gasteiger partial charge on any atom is -0.395 e. The van der Waals surface area contributed by atoms with Gasteiger partial charge in [-0.1, -0.05) is 12.2 Å². The molecule has 1 unspecified atom stereocenters. The van der Waals surface area contributed by atoms with Crippen LogP contribution in [0, 0.1) is 0 Å². The van der Waals surface area contributed by atoms with Gasteiger partial charge in [-0.05, 0) is 6.92 Å². The van der Waals surface area contributed by atoms with Crippen LogP contribution in [-0.4, -0.2) is 76.8 Å². The smallest absolute Gasteiger partial charge is 0.0894 e. The summed E-state index contributed by atoms with van der Waals surface area (Å²) in [6.07, 6.45) is 2.58. The molecule has 5 nitrogen and oxygen atoms in total. The second kappa shape index (κ2) is 10.2. The summed E-state index contributed by atoms with van der Waals surface area (Å²) in [7, 11) is 0. The highest BCUT2D eigenvalue weighted by atomic mass is 16.3. The van der Waals surface area contributed by atoms with Crippen LogP contribution in [0.15, 0.2) is 25.3 Å². The van der Waals surface area contributed by atoms with Gasteiger partial charge in [0.2, 0.25) is 0 Å². The van der Waals surface area contributed by atoms with Gasteiger partial charge < -0.3 is 15.3 Å². The summed E-state index contributed by atoms with van der Waals surface area (Å²) < 4.78 is 0. The maximum absolute atomic E-state index is 9.94. The van der Waals surface area contributed by atoms with Gasteiger partial charge in [0.1, 0.15) is 0 Å². The molecule has 0 spiro atoms. The van der Waals surface area contributed by atoms with E-state index < -0.39 is 6.10 Å². The summed E-state index contributed by atoms with van der Waals surface area (Å²) in [5.74, 6) is 0. The maximum atomic E-state index is 9.94. The first-order valence-corrected chi connectivity index (χ1v) is 6.22. The van der Waals surface area contributed by atoms with Crippen LogP contribution in [0.25, 0.3) is 0 Å². The number of rotatable bonds is 11. The third-order valence-corrected chi connectivity index (χ3v) is 2.68. The minimum atomic E-state index is -0.608. The summed E-state index contributed by atoms with van der Waals surface area (Å²) in [6.45, 7) is 11.1. The van der Waals surface area contributed by atoms with E-state index in [-0.39, 0.29) is 19.4 Å². The Bertz CT molecular complexity index is 214. The molecule has 3 N–H and O–H groups in total. The van der Waals surface area contributed by atoms with Crippen LogP contribution in [0.1, 0.15) is 6.92 Å². The molecule has 5 heteroatoms. The molecule has 0 heterocycles. The Hall–Kier alpha value is -0.720. The molecule has 0 aromatic carbocycles. The Balaban J connectivity index is 4.93. The van der Waals surface area contributed by atoms with Crippen molar-refractivity contribution < 1.29 is 15.3 Å². The predicted molar refractivity (Wildman–Crippen MR) is 73.2 cm³/mol. The van der Waals surface area contributed by atoms with Crippen molar-refractivity contribution >= 4 is 0 Å². The molecule has 0 rings (SSSR count). The number of nitrogens with zero attached hydrogens (tertiary/aromatic N) is 2. The second-order valence-corrected chi connectivity index (χ2v) is 4.17. The van der Waals surface area contributed by atoms with E-state index in [1.165, 1.54) is 0 Å². The lowest BCUT2D eigenvalue weighted by molar-refractivity contribution is -0.0401. The Morgan fingerprint density at radius 1 is 1.00 bits per heavy atom. The van der Waals surface area contributed by atoms with Crippen LogP contribution in [-0.2, 0) is 0 Å². The predicted octanol–water partition coefficient (Wildman–Crippen LogP) is -0.346. The zero-order chi connectivity index (χ0) is 14.0. The minimum absolute atomic E-state index is 0.0120. The molecule has 106 valence electrons. The van der Waals surface area contributed by atoms with Gasteiger partial charge in [0, 0.05) is 26.2 Å². The van der Waals surface area contributed by atoms with Gasteiger partial charge in [-0.3, -0.25) is 9.80 Å². The number of hydrogen-bond acceptors (Lipinski definition) is 5. The fourth-order valence-corrected chi connectivity index (χ4v) is 2.09. The highest BCUT2D eigenvalue weighted by Gasteiger charge is 2.27. The number of hydrogen-bond donors (Lipinski definition) is 3. The molecule has 0 saturated heterocycles. The lowest BCUT2D eigenvalue weighted by atomic mass is 10.2. The van der Waals surface area contributed by atoms with Crippen LogP contribution in [0.3, 0.4) is 0 Å². The zero-order valence-corrected chi connectivity index (χ0v) is 11.2. The van der Waals surface area contributed by atoms with Gasteiger partial charge in [0.05, 0.1) is 25.5 Å². The molecule has 0 bridgehead atoms. The first-order valence-electron chi connectivity index (χ1n) is 6.22. The Labute approximate surface area is 110 Å². The fourth-order valence-electron chi connectivity index (χ4n) is 2.09. The third-order valence-electron chi connectivity index (χ3n) is 2.68. The Kier molecular flexibility index (Phi) is 9.82. The van der Waals surface area contributed by atoms with Gasteiger partial charge in [-0.15, -0.1) is 13.2 Å². The molecule has 0 fully saturated rings. The lowest BCUT2D eigenvalue weighted by Crippen LogP contribution is -2.55. The van der Waals surface area contributed by atoms with E-state index in [0.29, 0.717) is 26.2 Å². The van der Waals surface area contributed by atoms with Crippen molar-refractivity contribution in [1.29, 1.82) is 0 Å². The molecule has 0 aliphatic carbocycles. The standard InChI is InChI=1S/C13H26N2O3/c1-4-6-14(8-10-16)13(12(3)18)15(7-5-2)9-11-17/h4-5,12-13,16-18H,1-2,6-11H2,3H3. The molecular weight excluding hydrogens is 232 g/mol. The van der Waals surface area contributed by atoms with E-state index in [1.807, 2.05) is 9.80 Å². The van der Waals surface area contributed by atoms with Crippen LogP contribution in [0.4, 0.5) is 0 Å². The first kappa shape index (κ1) is 17.3. The summed E-state index contributed by atoms with van der Waals surface area (Å²) >= 11 is 0. The maximum Gasteiger partial charge on any atom is 0.0894 e. The first-order chi connectivity index (χ1) is 8.62. The zero-order valence-electron chi connectivity index (χ0n) is 11.2. The Morgan fingerprint density at radius 2 is 1.39 bits per heavy atom. The molecule has 0 aromatic rings. The topological polar surface area (TPSA) is 67.2 Å². The summed E-state index contributed by atoms with van der Waals surface area (Å²) in [4.78, 5) is 3.85. The molecule has 0 saturated carbocycles. The summed E-state index contributed by atoms with van der Waals surface area (Å²) in [5.41, 5.74) is 0. The van der Waals surface area contributed by atoms with E-state index in [4.69, 9.17) is 10.2 Å². The average Bonchev–Trinajstić information content (AvgIpc) is 2.30. The van der Waals surface area contributed by atoms with E-state index in [2.05, 4.69) is 13.2 Å². The van der Waals surface area contributed by atoms with Crippen molar-refractivity contribution in [2.75, 3.05) is 39.4 Å². The van der Waals surface area contributed by atoms with Crippen molar-refractivity contribution in [1.82, 2.24) is 9.80 Å². The summed E-state index contributed by atoms with van der Waals surface area (Å²) in [6, 6.07) is 0. The molecule has 0 aliphatic heterocycles. The second-order valence-electron chi connectivity index (χ2n) is 4.17. The molecule has 1 atom stereocenters. The summed E-state index contributed by atoms with van der Waals surface area (Å²) in [5, 5.41) is 28.1. The van der Waals surface area contributed by atoms with Gasteiger partial charge in [-0.25, -0.2) is 0 Å². The quantitative estimate of drug-likeness (QED) is 0.349. The molecule has 0 aromatic heterocycles. The Morgan fingerprint density at radius 3 is 1.61 bits per heavy atom. The number of aliphatic hydroxyl groups excluding tert-OH is 3. The molecule has 0 amide bonds. The SMILES string of the molecule is C=CCN(CCO)C(C(C)O)N(CC=C)CCO. The van der Waals surface area contributed by atoms with Crippen LogP contribution >= 0.6 is 0 Å². The van der Waals surface area contributed by atoms with Crippen molar-refractivity contribution in [3.05, 3.63) is 25.3 Å². The van der Waals surface area contributed by atoms with E-state index >= 15 is 0 Å². The molecular formula is C13H26N2O3. The van der Waals surface area contributed by atoms with Gasteiger partial charge >= 0.3 is 0 Å². The van der Waals surface area contributed by atoms with E-state index in [1.54, 1.807) is 19.1 Å². The third kappa shape index (κ3) is 5.75. The highest BCUT2D eigenvalue weighted by Crippen LogP contribution is 2.11. The average molecular weight is 258 g/mol. The monoisotopic (exact) mass is 258 g/mol. The van der Waals surface area contributed by atoms with Gasteiger partial charge in [-0.2, -0.15) is 0 Å². The van der Waals surface area contributed by atoms with Crippen LogP contribution in [0.5, 0.6) is 0 Å². The van der Waals surface area contributed by atoms with Crippen LogP contribution in [0.2, 0.25) is 0 Å². The normalized spacial score (nSPS) is 13.3. The van der Waals surface area contributed by atoms with Gasteiger partial charge in [0.25, 0.3) is 0 Å². The number of aliphatic hydroxyl groups is 3. The van der Waals surface area contributed by atoms with E-state index in [9.17, 15) is 5.11 Å². The van der Waals surface area contributed by atoms with Crippen LogP contribution < -0.4 is 0 Å². The van der Waals surface area contributed by atoms with Crippen molar-refractivity contribution in [2.45, 2.75) is 19.2 Å². The van der Waals surface area contributed by atoms with Crippen molar-refractivity contribution in [3.8, 4) is 0 Å². The largest absolute Gasteiger partial charge is 0.395 e. The lowest BCUT2D eigenvalue weighted by Gasteiger charge is -2.40. The molecule has 18 heavy (non-hydrogen) atoms. The highest BCUT2D eigenvalue weighted by molar-refractivity contribution is 4.86. The van der Waals surface area contributed by atoms with Crippen molar-refractivity contribution in [3.63, 3.8) is 0 Å². The van der Waals surface area contributed by atoms with Gasteiger partial charge in [0.15, 0.2) is 0 Å². The molecule has 0 radical (unpaired) electrons. The van der Waals surface area contributed by atoms with Crippen molar-refractivity contribution in [2.24, 2.45) is 0 Å².